The van der Waals surface area contributed by atoms with Crippen molar-refractivity contribution in [2.45, 2.75) is 41.5 Å². The molecule has 5 aromatic rings. The van der Waals surface area contributed by atoms with Gasteiger partial charge in [0.1, 0.15) is 0 Å². The van der Waals surface area contributed by atoms with E-state index in [1.807, 2.05) is 0 Å². The second kappa shape index (κ2) is 9.23. The Bertz CT molecular complexity index is 1440. The van der Waals surface area contributed by atoms with Crippen molar-refractivity contribution in [3.8, 4) is 11.1 Å². The van der Waals surface area contributed by atoms with Crippen molar-refractivity contribution >= 4 is 33.9 Å². The van der Waals surface area contributed by atoms with E-state index < -0.39 is 0 Å². The van der Waals surface area contributed by atoms with Gasteiger partial charge >= 0.3 is 0 Å². The van der Waals surface area contributed by atoms with Crippen LogP contribution in [-0.2, 0) is 0 Å². The first-order valence-electron chi connectivity index (χ1n) is 12.6. The second-order valence-electron chi connectivity index (χ2n) is 10.2. The first kappa shape index (κ1) is 23.2. The van der Waals surface area contributed by atoms with E-state index in [2.05, 4.69) is 133 Å². The Morgan fingerprint density at radius 1 is 0.457 bits per heavy atom. The van der Waals surface area contributed by atoms with E-state index in [4.69, 9.17) is 0 Å². The molecule has 0 amide bonds. The standard InChI is InChI=1S/C34H33B/c1-22-18-24(3)33(25(4)19-22)35(34-26(5)20-23(2)21-27(34)6)32-17-16-29(28-12-8-7-9-13-28)30-14-10-11-15-31(30)32/h7-21H,1-6H3. The molecule has 172 valence electrons. The molecular formula is C34H33B. The van der Waals surface area contributed by atoms with Crippen LogP contribution in [-0.4, -0.2) is 6.71 Å². The highest BCUT2D eigenvalue weighted by molar-refractivity contribution is 6.98. The third-order valence-corrected chi connectivity index (χ3v) is 7.41. The lowest BCUT2D eigenvalue weighted by atomic mass is 9.33. The predicted molar refractivity (Wildman–Crippen MR) is 155 cm³/mol. The first-order valence-corrected chi connectivity index (χ1v) is 12.6. The third kappa shape index (κ3) is 4.21. The maximum Gasteiger partial charge on any atom is 0.243 e. The number of rotatable bonds is 4. The van der Waals surface area contributed by atoms with E-state index in [0.717, 1.165) is 0 Å². The van der Waals surface area contributed by atoms with Gasteiger partial charge in [-0.05, 0) is 63.4 Å². The fourth-order valence-electron chi connectivity index (χ4n) is 6.19. The predicted octanol–water partition coefficient (Wildman–Crippen LogP) is 6.87. The van der Waals surface area contributed by atoms with E-state index in [1.165, 1.54) is 71.7 Å². The van der Waals surface area contributed by atoms with Crippen LogP contribution >= 0.6 is 0 Å². The summed E-state index contributed by atoms with van der Waals surface area (Å²) in [6.07, 6.45) is 0. The molecule has 0 N–H and O–H groups in total. The Hall–Kier alpha value is -3.58. The third-order valence-electron chi connectivity index (χ3n) is 7.41. The van der Waals surface area contributed by atoms with Crippen molar-refractivity contribution in [3.63, 3.8) is 0 Å². The minimum Gasteiger partial charge on any atom is -0.0657 e. The lowest BCUT2D eigenvalue weighted by Crippen LogP contribution is -2.56. The number of fused-ring (bicyclic) bond motifs is 1. The molecule has 0 aromatic heterocycles. The van der Waals surface area contributed by atoms with Crippen molar-refractivity contribution < 1.29 is 0 Å². The Labute approximate surface area is 210 Å². The van der Waals surface area contributed by atoms with Crippen LogP contribution in [0.5, 0.6) is 0 Å². The van der Waals surface area contributed by atoms with Gasteiger partial charge in [0.2, 0.25) is 6.71 Å². The molecule has 1 heteroatoms. The maximum absolute atomic E-state index is 2.38. The van der Waals surface area contributed by atoms with Crippen molar-refractivity contribution in [1.82, 2.24) is 0 Å². The van der Waals surface area contributed by atoms with Gasteiger partial charge in [-0.25, -0.2) is 0 Å². The fourth-order valence-corrected chi connectivity index (χ4v) is 6.19. The van der Waals surface area contributed by atoms with Crippen LogP contribution in [0.1, 0.15) is 33.4 Å². The lowest BCUT2D eigenvalue weighted by molar-refractivity contribution is 1.34. The van der Waals surface area contributed by atoms with Crippen molar-refractivity contribution in [3.05, 3.63) is 124 Å². The van der Waals surface area contributed by atoms with Gasteiger partial charge in [-0.3, -0.25) is 0 Å². The van der Waals surface area contributed by atoms with E-state index in [-0.39, 0.29) is 6.71 Å². The van der Waals surface area contributed by atoms with Crippen LogP contribution in [0.2, 0.25) is 0 Å². The summed E-state index contributed by atoms with van der Waals surface area (Å²) >= 11 is 0. The topological polar surface area (TPSA) is 0 Å². The minimum absolute atomic E-state index is 0.172. The molecule has 0 bridgehead atoms. The average molecular weight is 452 g/mol. The molecule has 0 radical (unpaired) electrons. The molecule has 5 aromatic carbocycles. The molecule has 0 nitrogen and oxygen atoms in total. The molecule has 0 aliphatic carbocycles. The summed E-state index contributed by atoms with van der Waals surface area (Å²) in [5.74, 6) is 0. The molecule has 5 rings (SSSR count). The summed E-state index contributed by atoms with van der Waals surface area (Å²) in [5, 5.41) is 2.64. The van der Waals surface area contributed by atoms with Crippen molar-refractivity contribution in [2.24, 2.45) is 0 Å². The van der Waals surface area contributed by atoms with Gasteiger partial charge in [0.15, 0.2) is 0 Å². The summed E-state index contributed by atoms with van der Waals surface area (Å²) in [6, 6.07) is 33.8. The highest BCUT2D eigenvalue weighted by Gasteiger charge is 2.30. The summed E-state index contributed by atoms with van der Waals surface area (Å²) in [5.41, 5.74) is 14.9. The lowest BCUT2D eigenvalue weighted by Gasteiger charge is -2.26. The van der Waals surface area contributed by atoms with Gasteiger partial charge in [-0.2, -0.15) is 0 Å². The minimum atomic E-state index is 0.172. The van der Waals surface area contributed by atoms with E-state index in [0.29, 0.717) is 0 Å². The number of benzene rings is 5. The molecule has 0 aliphatic rings. The largest absolute Gasteiger partial charge is 0.243 e. The average Bonchev–Trinajstić information content (AvgIpc) is 2.82. The van der Waals surface area contributed by atoms with Gasteiger partial charge in [-0.15, -0.1) is 0 Å². The second-order valence-corrected chi connectivity index (χ2v) is 10.2. The zero-order valence-corrected chi connectivity index (χ0v) is 21.7. The van der Waals surface area contributed by atoms with Crippen molar-refractivity contribution in [1.29, 1.82) is 0 Å². The van der Waals surface area contributed by atoms with Crippen molar-refractivity contribution in [2.75, 3.05) is 0 Å². The van der Waals surface area contributed by atoms with Gasteiger partial charge in [0.25, 0.3) is 0 Å². The SMILES string of the molecule is Cc1cc(C)c(B(c2c(C)cc(C)cc2C)c2ccc(-c3ccccc3)c3ccccc23)c(C)c1. The molecule has 0 unspecified atom stereocenters. The molecule has 0 heterocycles. The number of aryl methyl sites for hydroxylation is 6. The van der Waals surface area contributed by atoms with E-state index in [1.54, 1.807) is 0 Å². The molecule has 0 saturated carbocycles. The molecule has 0 aliphatic heterocycles. The van der Waals surface area contributed by atoms with Crippen LogP contribution in [0.15, 0.2) is 91.0 Å². The van der Waals surface area contributed by atoms with E-state index in [9.17, 15) is 0 Å². The number of hydrogen-bond acceptors (Lipinski definition) is 0. The highest BCUT2D eigenvalue weighted by atomic mass is 14.1. The molecule has 0 fully saturated rings. The zero-order valence-electron chi connectivity index (χ0n) is 21.7. The molecule has 35 heavy (non-hydrogen) atoms. The molecular weight excluding hydrogens is 419 g/mol. The van der Waals surface area contributed by atoms with Crippen LogP contribution in [0, 0.1) is 41.5 Å². The maximum atomic E-state index is 2.38. The first-order chi connectivity index (χ1) is 16.8. The highest BCUT2D eigenvalue weighted by Crippen LogP contribution is 2.28. The Morgan fingerprint density at radius 2 is 0.914 bits per heavy atom. The zero-order chi connectivity index (χ0) is 24.7. The van der Waals surface area contributed by atoms with E-state index >= 15 is 0 Å². The van der Waals surface area contributed by atoms with Crippen LogP contribution in [0.4, 0.5) is 0 Å². The summed E-state index contributed by atoms with van der Waals surface area (Å²) in [7, 11) is 0. The van der Waals surface area contributed by atoms with Crippen LogP contribution < -0.4 is 16.4 Å². The summed E-state index contributed by atoms with van der Waals surface area (Å²) < 4.78 is 0. The fraction of sp³-hybridized carbons (Fsp3) is 0.176. The Balaban J connectivity index is 1.87. The quantitative estimate of drug-likeness (QED) is 0.261. The van der Waals surface area contributed by atoms with Gasteiger partial charge < -0.3 is 0 Å². The number of hydrogen-bond donors (Lipinski definition) is 0. The summed E-state index contributed by atoms with van der Waals surface area (Å²) in [6.45, 7) is 13.7. The van der Waals surface area contributed by atoms with Gasteiger partial charge in [0.05, 0.1) is 0 Å². The monoisotopic (exact) mass is 452 g/mol. The smallest absolute Gasteiger partial charge is 0.0657 e. The Morgan fingerprint density at radius 3 is 1.43 bits per heavy atom. The van der Waals surface area contributed by atoms with Gasteiger partial charge in [-0.1, -0.05) is 141 Å². The van der Waals surface area contributed by atoms with Crippen LogP contribution in [0.3, 0.4) is 0 Å². The van der Waals surface area contributed by atoms with Crippen LogP contribution in [0.25, 0.3) is 21.9 Å². The Kier molecular flexibility index (Phi) is 6.11. The molecule has 0 saturated heterocycles. The molecule has 0 atom stereocenters. The van der Waals surface area contributed by atoms with Gasteiger partial charge in [0, 0.05) is 0 Å². The molecule has 0 spiro atoms. The summed E-state index contributed by atoms with van der Waals surface area (Å²) in [4.78, 5) is 0. The normalized spacial score (nSPS) is 11.1.